The molecule has 0 heterocycles. The quantitative estimate of drug-likeness (QED) is 0.816. The summed E-state index contributed by atoms with van der Waals surface area (Å²) in [5.41, 5.74) is 5.92. The lowest BCUT2D eigenvalue weighted by Crippen LogP contribution is -2.32. The maximum Gasteiger partial charge on any atom is 0.244 e. The molecule has 0 fully saturated rings. The number of benzene rings is 1. The van der Waals surface area contributed by atoms with Gasteiger partial charge in [-0.2, -0.15) is 0 Å². The summed E-state index contributed by atoms with van der Waals surface area (Å²) < 4.78 is 31.9. The van der Waals surface area contributed by atoms with Crippen LogP contribution in [0.3, 0.4) is 0 Å². The molecule has 0 aromatic heterocycles. The smallest absolute Gasteiger partial charge is 0.244 e. The molecule has 0 saturated heterocycles. The summed E-state index contributed by atoms with van der Waals surface area (Å²) in [5.74, 6) is 0.247. The summed E-state index contributed by atoms with van der Waals surface area (Å²) in [4.78, 5) is 0.100. The first-order chi connectivity index (χ1) is 8.15. The van der Waals surface area contributed by atoms with E-state index in [1.165, 1.54) is 25.3 Å². The number of hydrogen-bond acceptors (Lipinski definition) is 4. The molecule has 0 aliphatic rings. The number of methoxy groups -OCH3 is 1. The van der Waals surface area contributed by atoms with Gasteiger partial charge < -0.3 is 10.5 Å². The Balaban J connectivity index is 3.05. The predicted octanol–water partition coefficient (Wildman–Crippen LogP) is 1.60. The monoisotopic (exact) mass is 272 g/mol. The highest BCUT2D eigenvalue weighted by atomic mass is 32.2. The lowest BCUT2D eigenvalue weighted by atomic mass is 9.98. The van der Waals surface area contributed by atoms with Gasteiger partial charge in [-0.05, 0) is 17.5 Å². The molecule has 0 saturated carbocycles. The van der Waals surface area contributed by atoms with E-state index < -0.39 is 10.0 Å². The largest absolute Gasteiger partial charge is 0.495 e. The molecule has 1 aromatic rings. The Kier molecular flexibility index (Phi) is 4.24. The van der Waals surface area contributed by atoms with Crippen LogP contribution < -0.4 is 15.2 Å². The number of nitrogen functional groups attached to an aromatic ring is 1. The second kappa shape index (κ2) is 5.16. The van der Waals surface area contributed by atoms with Crippen molar-refractivity contribution in [2.45, 2.75) is 25.7 Å². The van der Waals surface area contributed by atoms with Gasteiger partial charge in [0.2, 0.25) is 10.0 Å². The summed E-state index contributed by atoms with van der Waals surface area (Å²) in [6.07, 6.45) is 0. The summed E-state index contributed by atoms with van der Waals surface area (Å²) in [6, 6.07) is 4.47. The molecule has 0 amide bonds. The van der Waals surface area contributed by atoms with Crippen molar-refractivity contribution in [2.24, 2.45) is 5.41 Å². The third-order valence-electron chi connectivity index (χ3n) is 2.27. The first-order valence-corrected chi connectivity index (χ1v) is 7.07. The highest BCUT2D eigenvalue weighted by molar-refractivity contribution is 7.89. The summed E-state index contributed by atoms with van der Waals surface area (Å²) >= 11 is 0. The molecular weight excluding hydrogens is 252 g/mol. The van der Waals surface area contributed by atoms with Gasteiger partial charge in [-0.1, -0.05) is 20.8 Å². The second-order valence-corrected chi connectivity index (χ2v) is 7.03. The van der Waals surface area contributed by atoms with E-state index in [4.69, 9.17) is 10.5 Å². The normalized spacial score (nSPS) is 12.4. The van der Waals surface area contributed by atoms with Crippen LogP contribution in [0, 0.1) is 5.41 Å². The average Bonchev–Trinajstić information content (AvgIpc) is 2.25. The van der Waals surface area contributed by atoms with Crippen LogP contribution in [0.15, 0.2) is 23.1 Å². The van der Waals surface area contributed by atoms with Gasteiger partial charge in [0.25, 0.3) is 0 Å². The maximum atomic E-state index is 12.1. The number of rotatable bonds is 4. The van der Waals surface area contributed by atoms with Crippen molar-refractivity contribution in [3.8, 4) is 5.75 Å². The molecule has 0 bridgehead atoms. The number of sulfonamides is 1. The van der Waals surface area contributed by atoms with Gasteiger partial charge in [-0.25, -0.2) is 13.1 Å². The van der Waals surface area contributed by atoms with Gasteiger partial charge in [0.15, 0.2) is 0 Å². The van der Waals surface area contributed by atoms with Gasteiger partial charge in [0.1, 0.15) is 10.6 Å². The van der Waals surface area contributed by atoms with E-state index in [1.54, 1.807) is 0 Å². The summed E-state index contributed by atoms with van der Waals surface area (Å²) in [7, 11) is -2.17. The van der Waals surface area contributed by atoms with Gasteiger partial charge in [0.05, 0.1) is 7.11 Å². The number of hydrogen-bond donors (Lipinski definition) is 2. The first kappa shape index (κ1) is 14.8. The number of nitrogens with two attached hydrogens (primary N) is 1. The number of nitrogens with one attached hydrogen (secondary N) is 1. The zero-order valence-corrected chi connectivity index (χ0v) is 12.0. The molecular formula is C12H20N2O3S. The van der Waals surface area contributed by atoms with E-state index in [1.807, 2.05) is 20.8 Å². The van der Waals surface area contributed by atoms with E-state index in [-0.39, 0.29) is 16.1 Å². The molecule has 0 aliphatic heterocycles. The topological polar surface area (TPSA) is 81.4 Å². The molecule has 0 unspecified atom stereocenters. The Labute approximate surface area is 108 Å². The average molecular weight is 272 g/mol. The lowest BCUT2D eigenvalue weighted by molar-refractivity contribution is 0.396. The zero-order valence-electron chi connectivity index (χ0n) is 11.1. The Morgan fingerprint density at radius 1 is 1.33 bits per heavy atom. The molecule has 18 heavy (non-hydrogen) atoms. The number of ether oxygens (including phenoxy) is 1. The van der Waals surface area contributed by atoms with Crippen LogP contribution in [0.5, 0.6) is 5.75 Å². The Bertz CT molecular complexity index is 519. The van der Waals surface area contributed by atoms with Gasteiger partial charge in [-0.15, -0.1) is 0 Å². The number of anilines is 1. The third-order valence-corrected chi connectivity index (χ3v) is 3.71. The first-order valence-electron chi connectivity index (χ1n) is 5.59. The Hall–Kier alpha value is -1.27. The van der Waals surface area contributed by atoms with Crippen LogP contribution in [0.2, 0.25) is 0 Å². The van der Waals surface area contributed by atoms with E-state index in [0.717, 1.165) is 0 Å². The molecule has 0 spiro atoms. The second-order valence-electron chi connectivity index (χ2n) is 5.30. The molecule has 6 heteroatoms. The van der Waals surface area contributed by atoms with Crippen LogP contribution in [0.1, 0.15) is 20.8 Å². The molecule has 0 atom stereocenters. The standard InChI is InChI=1S/C12H20N2O3S/c1-12(2,3)8-14-18(15,16)11-6-5-9(13)7-10(11)17-4/h5-7,14H,8,13H2,1-4H3. The fraction of sp³-hybridized carbons (Fsp3) is 0.500. The SMILES string of the molecule is COc1cc(N)ccc1S(=O)(=O)NCC(C)(C)C. The van der Waals surface area contributed by atoms with Crippen LogP contribution in [-0.4, -0.2) is 22.1 Å². The van der Waals surface area contributed by atoms with Crippen LogP contribution in [0.4, 0.5) is 5.69 Å². The van der Waals surface area contributed by atoms with Gasteiger partial charge in [-0.3, -0.25) is 0 Å². The van der Waals surface area contributed by atoms with E-state index in [9.17, 15) is 8.42 Å². The van der Waals surface area contributed by atoms with Crippen molar-refractivity contribution in [3.63, 3.8) is 0 Å². The zero-order chi connectivity index (χ0) is 14.0. The molecule has 0 radical (unpaired) electrons. The highest BCUT2D eigenvalue weighted by Crippen LogP contribution is 2.26. The highest BCUT2D eigenvalue weighted by Gasteiger charge is 2.22. The minimum absolute atomic E-state index is 0.100. The van der Waals surface area contributed by atoms with E-state index in [0.29, 0.717) is 12.2 Å². The van der Waals surface area contributed by atoms with Crippen LogP contribution in [-0.2, 0) is 10.0 Å². The van der Waals surface area contributed by atoms with Crippen molar-refractivity contribution in [1.29, 1.82) is 0 Å². The maximum absolute atomic E-state index is 12.1. The van der Waals surface area contributed by atoms with Crippen molar-refractivity contribution in [2.75, 3.05) is 19.4 Å². The third kappa shape index (κ3) is 3.89. The molecule has 1 aromatic carbocycles. The lowest BCUT2D eigenvalue weighted by Gasteiger charge is -2.19. The molecule has 0 aliphatic carbocycles. The summed E-state index contributed by atoms with van der Waals surface area (Å²) in [6.45, 7) is 6.21. The van der Waals surface area contributed by atoms with Crippen molar-refractivity contribution in [1.82, 2.24) is 4.72 Å². The van der Waals surface area contributed by atoms with Gasteiger partial charge >= 0.3 is 0 Å². The van der Waals surface area contributed by atoms with Crippen molar-refractivity contribution in [3.05, 3.63) is 18.2 Å². The van der Waals surface area contributed by atoms with Crippen molar-refractivity contribution < 1.29 is 13.2 Å². The molecule has 102 valence electrons. The predicted molar refractivity (Wildman–Crippen MR) is 72.0 cm³/mol. The van der Waals surface area contributed by atoms with Crippen LogP contribution >= 0.6 is 0 Å². The Morgan fingerprint density at radius 2 is 1.94 bits per heavy atom. The van der Waals surface area contributed by atoms with Crippen molar-refractivity contribution >= 4 is 15.7 Å². The fourth-order valence-electron chi connectivity index (χ4n) is 1.30. The summed E-state index contributed by atoms with van der Waals surface area (Å²) in [5, 5.41) is 0. The molecule has 1 rings (SSSR count). The minimum atomic E-state index is -3.58. The van der Waals surface area contributed by atoms with E-state index >= 15 is 0 Å². The minimum Gasteiger partial charge on any atom is -0.495 e. The fourth-order valence-corrected chi connectivity index (χ4v) is 2.73. The van der Waals surface area contributed by atoms with Crippen LogP contribution in [0.25, 0.3) is 0 Å². The Morgan fingerprint density at radius 3 is 2.44 bits per heavy atom. The van der Waals surface area contributed by atoms with Gasteiger partial charge in [0, 0.05) is 18.3 Å². The molecule has 5 nitrogen and oxygen atoms in total. The van der Waals surface area contributed by atoms with E-state index in [2.05, 4.69) is 4.72 Å². The molecule has 3 N–H and O–H groups in total.